The van der Waals surface area contributed by atoms with Crippen molar-refractivity contribution < 1.29 is 4.79 Å². The van der Waals surface area contributed by atoms with Gasteiger partial charge in [-0.05, 0) is 29.7 Å². The summed E-state index contributed by atoms with van der Waals surface area (Å²) in [7, 11) is 0. The van der Waals surface area contributed by atoms with Crippen LogP contribution in [0.15, 0.2) is 28.9 Å². The molecule has 0 aliphatic carbocycles. The number of benzene rings is 1. The van der Waals surface area contributed by atoms with E-state index in [0.29, 0.717) is 16.1 Å². The van der Waals surface area contributed by atoms with Crippen LogP contribution in [0.2, 0.25) is 0 Å². The Hall–Kier alpha value is -1.78. The van der Waals surface area contributed by atoms with Crippen molar-refractivity contribution in [1.29, 1.82) is 5.26 Å². The lowest BCUT2D eigenvalue weighted by Crippen LogP contribution is -2.11. The number of rotatable bonds is 2. The number of carbonyl (C=O) groups is 1. The van der Waals surface area contributed by atoms with E-state index in [4.69, 9.17) is 5.26 Å². The molecule has 5 nitrogen and oxygen atoms in total. The van der Waals surface area contributed by atoms with Crippen molar-refractivity contribution in [1.82, 2.24) is 9.59 Å². The fraction of sp³-hybridized carbons (Fsp3) is 0. The Morgan fingerprint density at radius 3 is 3.00 bits per heavy atom. The van der Waals surface area contributed by atoms with E-state index in [2.05, 4.69) is 30.8 Å². The van der Waals surface area contributed by atoms with Gasteiger partial charge < -0.3 is 5.32 Å². The Balaban J connectivity index is 2.25. The molecule has 0 saturated heterocycles. The molecule has 1 aromatic heterocycles. The number of carbonyl (C=O) groups excluding carboxylic acids is 1. The molecule has 0 spiro atoms. The Morgan fingerprint density at radius 1 is 1.53 bits per heavy atom. The molecule has 0 saturated carbocycles. The maximum atomic E-state index is 11.7. The molecule has 1 aromatic carbocycles. The number of amides is 1. The molecule has 84 valence electrons. The van der Waals surface area contributed by atoms with Crippen molar-refractivity contribution in [2.24, 2.45) is 0 Å². The lowest BCUT2D eigenvalue weighted by atomic mass is 10.2. The summed E-state index contributed by atoms with van der Waals surface area (Å²) in [5.41, 5.74) is 0.860. The van der Waals surface area contributed by atoms with E-state index in [9.17, 15) is 4.79 Å². The first-order valence-electron chi connectivity index (χ1n) is 4.49. The third-order valence-electron chi connectivity index (χ3n) is 1.94. The van der Waals surface area contributed by atoms with Gasteiger partial charge in [-0.2, -0.15) is 5.26 Å². The number of halogens is 1. The second-order valence-corrected chi connectivity index (χ2v) is 4.74. The number of nitrogens with one attached hydrogen (secondary N) is 1. The number of aromatic nitrogens is 2. The SMILES string of the molecule is N#Cc1cc(Br)ccc1NC(=O)c1cnns1. The van der Waals surface area contributed by atoms with Gasteiger partial charge in [0, 0.05) is 4.47 Å². The summed E-state index contributed by atoms with van der Waals surface area (Å²) >= 11 is 4.26. The molecule has 1 amide bonds. The summed E-state index contributed by atoms with van der Waals surface area (Å²) in [4.78, 5) is 12.1. The van der Waals surface area contributed by atoms with Gasteiger partial charge in [0.15, 0.2) is 0 Å². The van der Waals surface area contributed by atoms with Crippen molar-refractivity contribution in [2.45, 2.75) is 0 Å². The Bertz CT molecular complexity index is 591. The fourth-order valence-electron chi connectivity index (χ4n) is 1.17. The van der Waals surface area contributed by atoms with Crippen molar-refractivity contribution in [3.8, 4) is 6.07 Å². The topological polar surface area (TPSA) is 78.7 Å². The van der Waals surface area contributed by atoms with Crippen molar-refractivity contribution >= 4 is 39.1 Å². The van der Waals surface area contributed by atoms with Crippen LogP contribution in [0.3, 0.4) is 0 Å². The first-order chi connectivity index (χ1) is 8.20. The van der Waals surface area contributed by atoms with Gasteiger partial charge in [0.05, 0.1) is 17.4 Å². The summed E-state index contributed by atoms with van der Waals surface area (Å²) in [5, 5.41) is 15.2. The minimum Gasteiger partial charge on any atom is -0.320 e. The van der Waals surface area contributed by atoms with Crippen LogP contribution < -0.4 is 5.32 Å². The second kappa shape index (κ2) is 5.03. The second-order valence-electron chi connectivity index (χ2n) is 3.04. The number of nitriles is 1. The fourth-order valence-corrected chi connectivity index (χ4v) is 1.94. The Morgan fingerprint density at radius 2 is 2.35 bits per heavy atom. The van der Waals surface area contributed by atoms with Gasteiger partial charge in [0.25, 0.3) is 5.91 Å². The molecule has 2 rings (SSSR count). The molecule has 0 radical (unpaired) electrons. The van der Waals surface area contributed by atoms with Gasteiger partial charge in [-0.3, -0.25) is 4.79 Å². The summed E-state index contributed by atoms with van der Waals surface area (Å²) < 4.78 is 4.38. The van der Waals surface area contributed by atoms with E-state index in [0.717, 1.165) is 16.0 Å². The predicted octanol–water partition coefficient (Wildman–Crippen LogP) is 2.42. The molecular weight excluding hydrogens is 304 g/mol. The molecule has 0 unspecified atom stereocenters. The highest BCUT2D eigenvalue weighted by Gasteiger charge is 2.11. The van der Waals surface area contributed by atoms with Gasteiger partial charge >= 0.3 is 0 Å². The van der Waals surface area contributed by atoms with Gasteiger partial charge in [0.1, 0.15) is 10.9 Å². The molecule has 1 N–H and O–H groups in total. The van der Waals surface area contributed by atoms with Crippen molar-refractivity contribution in [3.63, 3.8) is 0 Å². The van der Waals surface area contributed by atoms with E-state index in [1.807, 2.05) is 6.07 Å². The average Bonchev–Trinajstić information content (AvgIpc) is 2.85. The van der Waals surface area contributed by atoms with Crippen LogP contribution >= 0.6 is 27.5 Å². The lowest BCUT2D eigenvalue weighted by molar-refractivity contribution is 0.103. The van der Waals surface area contributed by atoms with Crippen LogP contribution in [0.25, 0.3) is 0 Å². The van der Waals surface area contributed by atoms with E-state index in [1.165, 1.54) is 6.20 Å². The lowest BCUT2D eigenvalue weighted by Gasteiger charge is -2.05. The molecule has 0 aliphatic heterocycles. The van der Waals surface area contributed by atoms with Crippen LogP contribution in [0, 0.1) is 11.3 Å². The number of nitrogens with zero attached hydrogens (tertiary/aromatic N) is 3. The van der Waals surface area contributed by atoms with E-state index in [-0.39, 0.29) is 5.91 Å². The highest BCUT2D eigenvalue weighted by Crippen LogP contribution is 2.21. The monoisotopic (exact) mass is 308 g/mol. The van der Waals surface area contributed by atoms with Crippen LogP contribution in [0.1, 0.15) is 15.2 Å². The molecule has 0 aliphatic rings. The molecular formula is C10H5BrN4OS. The normalized spacial score (nSPS) is 9.65. The third kappa shape index (κ3) is 2.67. The number of anilines is 1. The van der Waals surface area contributed by atoms with Crippen LogP contribution in [-0.4, -0.2) is 15.5 Å². The molecule has 17 heavy (non-hydrogen) atoms. The van der Waals surface area contributed by atoms with Gasteiger partial charge in [-0.25, -0.2) is 0 Å². The highest BCUT2D eigenvalue weighted by atomic mass is 79.9. The van der Waals surface area contributed by atoms with Crippen molar-refractivity contribution in [3.05, 3.63) is 39.3 Å². The predicted molar refractivity (Wildman–Crippen MR) is 66.7 cm³/mol. The largest absolute Gasteiger partial charge is 0.320 e. The summed E-state index contributed by atoms with van der Waals surface area (Å²) in [6.07, 6.45) is 1.38. The highest BCUT2D eigenvalue weighted by molar-refractivity contribution is 9.10. The molecule has 7 heteroatoms. The van der Waals surface area contributed by atoms with Crippen LogP contribution in [0.5, 0.6) is 0 Å². The Labute approximate surface area is 109 Å². The minimum atomic E-state index is -0.321. The maximum Gasteiger partial charge on any atom is 0.269 e. The summed E-state index contributed by atoms with van der Waals surface area (Å²) in [5.74, 6) is -0.321. The van der Waals surface area contributed by atoms with E-state index in [1.54, 1.807) is 18.2 Å². The third-order valence-corrected chi connectivity index (χ3v) is 3.09. The number of hydrogen-bond donors (Lipinski definition) is 1. The summed E-state index contributed by atoms with van der Waals surface area (Å²) in [6, 6.07) is 7.07. The number of hydrogen-bond acceptors (Lipinski definition) is 5. The first kappa shape index (κ1) is 11.7. The zero-order valence-electron chi connectivity index (χ0n) is 8.35. The molecule has 0 bridgehead atoms. The zero-order chi connectivity index (χ0) is 12.3. The maximum absolute atomic E-state index is 11.7. The average molecular weight is 309 g/mol. The van der Waals surface area contributed by atoms with Gasteiger partial charge in [0.2, 0.25) is 0 Å². The van der Waals surface area contributed by atoms with Crippen molar-refractivity contribution in [2.75, 3.05) is 5.32 Å². The van der Waals surface area contributed by atoms with E-state index >= 15 is 0 Å². The smallest absolute Gasteiger partial charge is 0.269 e. The van der Waals surface area contributed by atoms with Gasteiger partial charge in [-0.15, -0.1) is 5.10 Å². The molecule has 1 heterocycles. The zero-order valence-corrected chi connectivity index (χ0v) is 10.7. The molecule has 0 fully saturated rings. The Kier molecular flexibility index (Phi) is 3.46. The standard InChI is InChI=1S/C10H5BrN4OS/c11-7-1-2-8(6(3-7)4-12)14-10(16)9-5-13-15-17-9/h1-3,5H,(H,14,16). The van der Waals surface area contributed by atoms with Gasteiger partial charge in [-0.1, -0.05) is 20.4 Å². The summed E-state index contributed by atoms with van der Waals surface area (Å²) in [6.45, 7) is 0. The minimum absolute atomic E-state index is 0.321. The molecule has 0 atom stereocenters. The molecule has 2 aromatic rings. The quantitative estimate of drug-likeness (QED) is 0.924. The van der Waals surface area contributed by atoms with Crippen LogP contribution in [-0.2, 0) is 0 Å². The van der Waals surface area contributed by atoms with Crippen LogP contribution in [0.4, 0.5) is 5.69 Å². The van der Waals surface area contributed by atoms with E-state index < -0.39 is 0 Å². The first-order valence-corrected chi connectivity index (χ1v) is 6.05.